The van der Waals surface area contributed by atoms with Gasteiger partial charge in [0.2, 0.25) is 10.0 Å². The summed E-state index contributed by atoms with van der Waals surface area (Å²) in [4.78, 5) is 12.3. The fraction of sp³-hybridized carbons (Fsp3) is 0.524. The predicted octanol–water partition coefficient (Wildman–Crippen LogP) is 4.00. The van der Waals surface area contributed by atoms with Crippen LogP contribution in [0.3, 0.4) is 0 Å². The van der Waals surface area contributed by atoms with Gasteiger partial charge >= 0.3 is 5.97 Å². The SMILES string of the molecule is CCCc1cc(C(=O)OCC)nn1C1CCN(S(=O)(=O)c2ccc(C)c(Cl)c2)CC1. The second-order valence-corrected chi connectivity index (χ2v) is 9.83. The van der Waals surface area contributed by atoms with E-state index in [1.54, 1.807) is 25.1 Å². The van der Waals surface area contributed by atoms with Crippen molar-refractivity contribution in [2.75, 3.05) is 19.7 Å². The molecule has 2 heterocycles. The van der Waals surface area contributed by atoms with Gasteiger partial charge in [-0.25, -0.2) is 13.2 Å². The Morgan fingerprint density at radius 2 is 1.93 bits per heavy atom. The van der Waals surface area contributed by atoms with Crippen molar-refractivity contribution in [3.63, 3.8) is 0 Å². The molecule has 164 valence electrons. The number of sulfonamides is 1. The van der Waals surface area contributed by atoms with Crippen LogP contribution in [0.1, 0.15) is 60.9 Å². The Morgan fingerprint density at radius 1 is 1.23 bits per heavy atom. The van der Waals surface area contributed by atoms with Crippen molar-refractivity contribution in [1.29, 1.82) is 0 Å². The molecule has 30 heavy (non-hydrogen) atoms. The summed E-state index contributed by atoms with van der Waals surface area (Å²) in [6, 6.07) is 6.67. The molecule has 0 bridgehead atoms. The number of rotatable bonds is 7. The highest BCUT2D eigenvalue weighted by Crippen LogP contribution is 2.29. The maximum atomic E-state index is 13.0. The Hall–Kier alpha value is -1.90. The minimum atomic E-state index is -3.60. The molecule has 0 unspecified atom stereocenters. The molecule has 0 amide bonds. The molecular formula is C21H28ClN3O4S. The summed E-state index contributed by atoms with van der Waals surface area (Å²) in [5, 5.41) is 4.94. The van der Waals surface area contributed by atoms with Crippen molar-refractivity contribution >= 4 is 27.6 Å². The fourth-order valence-corrected chi connectivity index (χ4v) is 5.45. The zero-order chi connectivity index (χ0) is 21.9. The molecule has 0 N–H and O–H groups in total. The van der Waals surface area contributed by atoms with Gasteiger partial charge in [-0.2, -0.15) is 9.40 Å². The lowest BCUT2D eigenvalue weighted by Gasteiger charge is -2.32. The first-order chi connectivity index (χ1) is 14.3. The van der Waals surface area contributed by atoms with Gasteiger partial charge in [-0.3, -0.25) is 4.68 Å². The maximum Gasteiger partial charge on any atom is 0.358 e. The number of piperidine rings is 1. The summed E-state index contributed by atoms with van der Waals surface area (Å²) in [5.41, 5.74) is 2.13. The first kappa shape index (κ1) is 22.8. The molecule has 1 fully saturated rings. The molecule has 7 nitrogen and oxygen atoms in total. The number of hydrogen-bond acceptors (Lipinski definition) is 5. The monoisotopic (exact) mass is 453 g/mol. The van der Waals surface area contributed by atoms with Crippen molar-refractivity contribution in [2.45, 2.75) is 57.4 Å². The van der Waals surface area contributed by atoms with Crippen LogP contribution in [-0.4, -0.2) is 48.2 Å². The highest BCUT2D eigenvalue weighted by Gasteiger charge is 2.31. The van der Waals surface area contributed by atoms with E-state index in [4.69, 9.17) is 16.3 Å². The topological polar surface area (TPSA) is 81.5 Å². The van der Waals surface area contributed by atoms with E-state index in [0.717, 1.165) is 24.1 Å². The van der Waals surface area contributed by atoms with Crippen LogP contribution in [0.4, 0.5) is 0 Å². The number of hydrogen-bond donors (Lipinski definition) is 0. The molecule has 1 aromatic carbocycles. The number of nitrogens with zero attached hydrogens (tertiary/aromatic N) is 3. The molecule has 1 saturated heterocycles. The first-order valence-electron chi connectivity index (χ1n) is 10.3. The van der Waals surface area contributed by atoms with Gasteiger partial charge < -0.3 is 4.74 Å². The molecule has 0 spiro atoms. The number of aryl methyl sites for hydroxylation is 2. The number of esters is 1. The highest BCUT2D eigenvalue weighted by atomic mass is 35.5. The van der Waals surface area contributed by atoms with E-state index in [-0.39, 0.29) is 10.9 Å². The molecule has 3 rings (SSSR count). The van der Waals surface area contributed by atoms with Gasteiger partial charge in [0.05, 0.1) is 17.5 Å². The summed E-state index contributed by atoms with van der Waals surface area (Å²) in [6.45, 7) is 6.75. The molecule has 9 heteroatoms. The summed E-state index contributed by atoms with van der Waals surface area (Å²) in [6.07, 6.45) is 2.97. The molecule has 1 aromatic heterocycles. The van der Waals surface area contributed by atoms with Gasteiger partial charge in [0.15, 0.2) is 5.69 Å². The standard InChI is InChI=1S/C21H28ClN3O4S/c1-4-6-17-13-20(21(26)29-5-2)23-25(17)16-9-11-24(12-10-16)30(27,28)18-8-7-15(3)19(22)14-18/h7-8,13-14,16H,4-6,9-12H2,1-3H3. The average Bonchev–Trinajstić information content (AvgIpc) is 3.14. The van der Waals surface area contributed by atoms with Crippen molar-refractivity contribution in [3.05, 3.63) is 46.2 Å². The van der Waals surface area contributed by atoms with E-state index >= 15 is 0 Å². The quantitative estimate of drug-likeness (QED) is 0.592. The molecule has 0 atom stereocenters. The van der Waals surface area contributed by atoms with Gasteiger partial charge in [0.1, 0.15) is 0 Å². The Morgan fingerprint density at radius 3 is 2.53 bits per heavy atom. The van der Waals surface area contributed by atoms with E-state index < -0.39 is 16.0 Å². The third kappa shape index (κ3) is 4.71. The molecule has 0 radical (unpaired) electrons. The van der Waals surface area contributed by atoms with E-state index in [2.05, 4.69) is 12.0 Å². The van der Waals surface area contributed by atoms with Crippen LogP contribution in [-0.2, 0) is 21.2 Å². The Balaban J connectivity index is 1.76. The van der Waals surface area contributed by atoms with Crippen LogP contribution in [0.2, 0.25) is 5.02 Å². The lowest BCUT2D eigenvalue weighted by atomic mass is 10.1. The fourth-order valence-electron chi connectivity index (χ4n) is 3.71. The van der Waals surface area contributed by atoms with Gasteiger partial charge in [0.25, 0.3) is 0 Å². The van der Waals surface area contributed by atoms with Crippen LogP contribution >= 0.6 is 11.6 Å². The molecule has 1 aliphatic rings. The van der Waals surface area contributed by atoms with E-state index in [9.17, 15) is 13.2 Å². The Bertz CT molecular complexity index is 1010. The van der Waals surface area contributed by atoms with E-state index in [1.165, 1.54) is 10.4 Å². The normalized spacial score (nSPS) is 16.0. The number of ether oxygens (including phenoxy) is 1. The van der Waals surface area contributed by atoms with Crippen LogP contribution in [0.5, 0.6) is 0 Å². The smallest absolute Gasteiger partial charge is 0.358 e. The van der Waals surface area contributed by atoms with Crippen LogP contribution < -0.4 is 0 Å². The zero-order valence-corrected chi connectivity index (χ0v) is 19.2. The van der Waals surface area contributed by atoms with Gasteiger partial charge in [-0.1, -0.05) is 31.0 Å². The molecule has 0 saturated carbocycles. The predicted molar refractivity (Wildman–Crippen MR) is 115 cm³/mol. The summed E-state index contributed by atoms with van der Waals surface area (Å²) in [7, 11) is -3.60. The number of aromatic nitrogens is 2. The third-order valence-corrected chi connectivity index (χ3v) is 7.66. The minimum absolute atomic E-state index is 0.0442. The Labute approximate surface area is 183 Å². The van der Waals surface area contributed by atoms with Gasteiger partial charge in [-0.05, 0) is 56.9 Å². The lowest BCUT2D eigenvalue weighted by molar-refractivity contribution is 0.0517. The highest BCUT2D eigenvalue weighted by molar-refractivity contribution is 7.89. The second-order valence-electron chi connectivity index (χ2n) is 7.48. The molecule has 2 aromatic rings. The molecule has 0 aliphatic carbocycles. The Kier molecular flexibility index (Phi) is 7.21. The number of carbonyl (C=O) groups excluding carboxylic acids is 1. The van der Waals surface area contributed by atoms with Crippen LogP contribution in [0.25, 0.3) is 0 Å². The van der Waals surface area contributed by atoms with Crippen molar-refractivity contribution < 1.29 is 17.9 Å². The number of carbonyl (C=O) groups is 1. The first-order valence-corrected chi connectivity index (χ1v) is 12.1. The molecule has 1 aliphatic heterocycles. The molecular weight excluding hydrogens is 426 g/mol. The van der Waals surface area contributed by atoms with Gasteiger partial charge in [0, 0.05) is 23.8 Å². The van der Waals surface area contributed by atoms with Crippen molar-refractivity contribution in [3.8, 4) is 0 Å². The summed E-state index contributed by atoms with van der Waals surface area (Å²) >= 11 is 6.13. The lowest BCUT2D eigenvalue weighted by Crippen LogP contribution is -2.39. The second kappa shape index (κ2) is 9.49. The van der Waals surface area contributed by atoms with E-state index in [1.807, 2.05) is 11.6 Å². The number of halogens is 1. The average molecular weight is 454 g/mol. The van der Waals surface area contributed by atoms with E-state index in [0.29, 0.717) is 43.3 Å². The zero-order valence-electron chi connectivity index (χ0n) is 17.6. The van der Waals surface area contributed by atoms with Crippen LogP contribution in [0, 0.1) is 6.92 Å². The van der Waals surface area contributed by atoms with Crippen molar-refractivity contribution in [1.82, 2.24) is 14.1 Å². The third-order valence-electron chi connectivity index (χ3n) is 5.35. The van der Waals surface area contributed by atoms with Crippen molar-refractivity contribution in [2.24, 2.45) is 0 Å². The number of benzene rings is 1. The largest absolute Gasteiger partial charge is 0.461 e. The minimum Gasteiger partial charge on any atom is -0.461 e. The summed E-state index contributed by atoms with van der Waals surface area (Å²) < 4.78 is 34.5. The van der Waals surface area contributed by atoms with Crippen LogP contribution in [0.15, 0.2) is 29.2 Å². The summed E-state index contributed by atoms with van der Waals surface area (Å²) in [5.74, 6) is -0.426. The van der Waals surface area contributed by atoms with Gasteiger partial charge in [-0.15, -0.1) is 0 Å². The maximum absolute atomic E-state index is 13.0.